The van der Waals surface area contributed by atoms with E-state index in [-0.39, 0.29) is 5.75 Å². The number of hydrogen-bond donors (Lipinski definition) is 1. The maximum atomic E-state index is 12.6. The number of halogens is 2. The van der Waals surface area contributed by atoms with Crippen molar-refractivity contribution in [3.05, 3.63) is 0 Å². The highest BCUT2D eigenvalue weighted by Gasteiger charge is 2.61. The van der Waals surface area contributed by atoms with Crippen LogP contribution in [0.15, 0.2) is 0 Å². The van der Waals surface area contributed by atoms with Gasteiger partial charge in [-0.25, -0.2) is 17.2 Å². The molecule has 0 heterocycles. The van der Waals surface area contributed by atoms with Gasteiger partial charge in [-0.15, -0.1) is 0 Å². The summed E-state index contributed by atoms with van der Waals surface area (Å²) >= 11 is 0. The molecular weight excluding hydrogens is 264 g/mol. The van der Waals surface area contributed by atoms with Crippen LogP contribution in [0.5, 0.6) is 0 Å². The SMILES string of the molecule is O=C(NS(=O)(=O)CCC1CCCC1)[C@H]1CC1(F)F. The number of carbonyl (C=O) groups excluding carboxylic acids is 1. The van der Waals surface area contributed by atoms with Crippen molar-refractivity contribution < 1.29 is 22.0 Å². The van der Waals surface area contributed by atoms with Crippen LogP contribution in [0.3, 0.4) is 0 Å². The second-order valence-electron chi connectivity index (χ2n) is 5.24. The lowest BCUT2D eigenvalue weighted by atomic mass is 10.1. The van der Waals surface area contributed by atoms with E-state index in [2.05, 4.69) is 0 Å². The highest BCUT2D eigenvalue weighted by molar-refractivity contribution is 7.90. The van der Waals surface area contributed by atoms with Crippen LogP contribution < -0.4 is 4.72 Å². The molecule has 0 aromatic heterocycles. The zero-order valence-electron chi connectivity index (χ0n) is 9.99. The molecule has 0 bridgehead atoms. The molecule has 104 valence electrons. The fourth-order valence-electron chi connectivity index (χ4n) is 2.39. The number of nitrogens with one attached hydrogen (secondary N) is 1. The topological polar surface area (TPSA) is 63.2 Å². The molecule has 0 aromatic carbocycles. The molecule has 4 nitrogen and oxygen atoms in total. The Balaban J connectivity index is 1.78. The number of rotatable bonds is 5. The molecule has 2 aliphatic carbocycles. The van der Waals surface area contributed by atoms with Gasteiger partial charge in [0.25, 0.3) is 5.92 Å². The molecule has 0 spiro atoms. The summed E-state index contributed by atoms with van der Waals surface area (Å²) in [5.74, 6) is -5.31. The van der Waals surface area contributed by atoms with Gasteiger partial charge in [0.15, 0.2) is 0 Å². The monoisotopic (exact) mass is 281 g/mol. The Morgan fingerprint density at radius 1 is 1.28 bits per heavy atom. The van der Waals surface area contributed by atoms with Crippen LogP contribution in [0, 0.1) is 11.8 Å². The predicted octanol–water partition coefficient (Wildman–Crippen LogP) is 1.67. The fourth-order valence-corrected chi connectivity index (χ4v) is 3.59. The van der Waals surface area contributed by atoms with Gasteiger partial charge in [0.1, 0.15) is 5.92 Å². The fraction of sp³-hybridized carbons (Fsp3) is 0.909. The molecule has 1 N–H and O–H groups in total. The molecule has 0 aromatic rings. The van der Waals surface area contributed by atoms with Crippen LogP contribution in [-0.2, 0) is 14.8 Å². The van der Waals surface area contributed by atoms with Crippen molar-refractivity contribution in [3.63, 3.8) is 0 Å². The van der Waals surface area contributed by atoms with Gasteiger partial charge in [-0.2, -0.15) is 0 Å². The summed E-state index contributed by atoms with van der Waals surface area (Å²) in [4.78, 5) is 11.3. The van der Waals surface area contributed by atoms with E-state index >= 15 is 0 Å². The van der Waals surface area contributed by atoms with Crippen LogP contribution >= 0.6 is 0 Å². The highest BCUT2D eigenvalue weighted by atomic mass is 32.2. The van der Waals surface area contributed by atoms with Gasteiger partial charge in [0.05, 0.1) is 5.75 Å². The smallest absolute Gasteiger partial charge is 0.260 e. The molecule has 1 amide bonds. The van der Waals surface area contributed by atoms with Crippen LogP contribution in [0.1, 0.15) is 38.5 Å². The van der Waals surface area contributed by atoms with Gasteiger partial charge in [-0.1, -0.05) is 25.7 Å². The highest BCUT2D eigenvalue weighted by Crippen LogP contribution is 2.48. The first-order valence-corrected chi connectivity index (χ1v) is 7.87. The van der Waals surface area contributed by atoms with Gasteiger partial charge < -0.3 is 0 Å². The lowest BCUT2D eigenvalue weighted by Crippen LogP contribution is -2.35. The summed E-state index contributed by atoms with van der Waals surface area (Å²) in [5, 5.41) is 0. The van der Waals surface area contributed by atoms with E-state index in [0.29, 0.717) is 12.3 Å². The first-order valence-electron chi connectivity index (χ1n) is 6.22. The Morgan fingerprint density at radius 2 is 1.83 bits per heavy atom. The molecule has 0 aliphatic heterocycles. The molecule has 7 heteroatoms. The number of amides is 1. The van der Waals surface area contributed by atoms with Crippen molar-refractivity contribution in [1.29, 1.82) is 0 Å². The third-order valence-corrected chi connectivity index (χ3v) is 4.95. The van der Waals surface area contributed by atoms with E-state index in [1.807, 2.05) is 0 Å². The van der Waals surface area contributed by atoms with Crippen LogP contribution in [0.25, 0.3) is 0 Å². The third-order valence-electron chi connectivity index (χ3n) is 3.67. The van der Waals surface area contributed by atoms with Crippen molar-refractivity contribution in [2.45, 2.75) is 44.4 Å². The molecule has 0 saturated heterocycles. The number of alkyl halides is 2. The zero-order chi connectivity index (χ0) is 13.4. The third kappa shape index (κ3) is 3.40. The molecule has 0 radical (unpaired) electrons. The molecule has 2 aliphatic rings. The zero-order valence-corrected chi connectivity index (χ0v) is 10.8. The average molecular weight is 281 g/mol. The minimum Gasteiger partial charge on any atom is -0.273 e. The summed E-state index contributed by atoms with van der Waals surface area (Å²) in [7, 11) is -3.76. The Morgan fingerprint density at radius 3 is 2.33 bits per heavy atom. The van der Waals surface area contributed by atoms with Crippen molar-refractivity contribution in [2.75, 3.05) is 5.75 Å². The second-order valence-corrected chi connectivity index (χ2v) is 7.08. The standard InChI is InChI=1S/C11H17F2NO3S/c12-11(13)7-9(11)10(15)14-18(16,17)6-5-8-3-1-2-4-8/h8-9H,1-7H2,(H,14,15)/t9-/m1/s1. The maximum Gasteiger partial charge on any atom is 0.260 e. The number of carbonyl (C=O) groups is 1. The van der Waals surface area contributed by atoms with Crippen LogP contribution in [-0.4, -0.2) is 26.0 Å². The largest absolute Gasteiger partial charge is 0.273 e. The van der Waals surface area contributed by atoms with E-state index < -0.39 is 34.2 Å². The van der Waals surface area contributed by atoms with Crippen LogP contribution in [0.4, 0.5) is 8.78 Å². The first-order chi connectivity index (χ1) is 8.30. The predicted molar refractivity (Wildman–Crippen MR) is 61.6 cm³/mol. The van der Waals surface area contributed by atoms with Gasteiger partial charge >= 0.3 is 0 Å². The molecule has 2 rings (SSSR count). The van der Waals surface area contributed by atoms with Gasteiger partial charge in [0.2, 0.25) is 15.9 Å². The minimum atomic E-state index is -3.76. The first kappa shape index (κ1) is 13.7. The lowest BCUT2D eigenvalue weighted by molar-refractivity contribution is -0.122. The van der Waals surface area contributed by atoms with E-state index in [0.717, 1.165) is 25.7 Å². The Kier molecular flexibility index (Phi) is 3.62. The molecule has 1 atom stereocenters. The summed E-state index contributed by atoms with van der Waals surface area (Å²) in [6.07, 6.45) is 4.23. The van der Waals surface area contributed by atoms with Crippen molar-refractivity contribution in [1.82, 2.24) is 4.72 Å². The Bertz CT molecular complexity index is 430. The van der Waals surface area contributed by atoms with Gasteiger partial charge in [-0.05, 0) is 12.3 Å². The Hall–Kier alpha value is -0.720. The number of sulfonamides is 1. The lowest BCUT2D eigenvalue weighted by Gasteiger charge is -2.10. The summed E-state index contributed by atoms with van der Waals surface area (Å²) in [6, 6.07) is 0. The van der Waals surface area contributed by atoms with E-state index in [4.69, 9.17) is 0 Å². The van der Waals surface area contributed by atoms with Crippen LogP contribution in [0.2, 0.25) is 0 Å². The van der Waals surface area contributed by atoms with E-state index in [1.165, 1.54) is 0 Å². The quantitative estimate of drug-likeness (QED) is 0.833. The Labute approximate surface area is 105 Å². The van der Waals surface area contributed by atoms with Crippen molar-refractivity contribution in [3.8, 4) is 0 Å². The molecule has 2 fully saturated rings. The van der Waals surface area contributed by atoms with E-state index in [9.17, 15) is 22.0 Å². The summed E-state index contributed by atoms with van der Waals surface area (Å²) in [5.41, 5.74) is 0. The molecular formula is C11H17F2NO3S. The maximum absolute atomic E-state index is 12.6. The molecule has 18 heavy (non-hydrogen) atoms. The van der Waals surface area contributed by atoms with E-state index in [1.54, 1.807) is 4.72 Å². The van der Waals surface area contributed by atoms with Gasteiger partial charge in [0, 0.05) is 6.42 Å². The van der Waals surface area contributed by atoms with Crippen molar-refractivity contribution >= 4 is 15.9 Å². The summed E-state index contributed by atoms with van der Waals surface area (Å²) < 4.78 is 50.1. The second kappa shape index (κ2) is 4.75. The molecule has 2 saturated carbocycles. The molecule has 0 unspecified atom stereocenters. The van der Waals surface area contributed by atoms with Gasteiger partial charge in [-0.3, -0.25) is 9.52 Å². The minimum absolute atomic E-state index is 0.151. The average Bonchev–Trinajstić information content (AvgIpc) is 2.71. The normalized spacial score (nSPS) is 27.1. The van der Waals surface area contributed by atoms with Crippen molar-refractivity contribution in [2.24, 2.45) is 11.8 Å². The summed E-state index contributed by atoms with van der Waals surface area (Å²) in [6.45, 7) is 0. The number of hydrogen-bond acceptors (Lipinski definition) is 3.